The Morgan fingerprint density at radius 1 is 1.19 bits per heavy atom. The highest BCUT2D eigenvalue weighted by Crippen LogP contribution is 2.33. The van der Waals surface area contributed by atoms with Crippen LogP contribution in [0.1, 0.15) is 29.3 Å². The number of hydrogen-bond acceptors (Lipinski definition) is 1. The third-order valence-corrected chi connectivity index (χ3v) is 4.79. The van der Waals surface area contributed by atoms with Crippen molar-refractivity contribution < 1.29 is 4.74 Å². The molecule has 2 aromatic rings. The minimum atomic E-state index is 0.243. The van der Waals surface area contributed by atoms with E-state index < -0.39 is 0 Å². The standard InChI is InChI=1S/C17H17Br2ClO/c1-2-8-21-17-7-6-13(11-16(17)19)15(18)10-12-4-3-5-14(20)9-12/h3-7,9,11,15H,2,8,10H2,1H3. The molecule has 0 fully saturated rings. The molecule has 0 aromatic heterocycles. The highest BCUT2D eigenvalue weighted by molar-refractivity contribution is 9.10. The van der Waals surface area contributed by atoms with Gasteiger partial charge in [-0.05, 0) is 64.2 Å². The van der Waals surface area contributed by atoms with Crippen LogP contribution in [0.15, 0.2) is 46.9 Å². The molecule has 1 unspecified atom stereocenters. The Morgan fingerprint density at radius 2 is 2.00 bits per heavy atom. The van der Waals surface area contributed by atoms with E-state index in [0.29, 0.717) is 0 Å². The second-order valence-electron chi connectivity index (χ2n) is 4.84. The number of benzene rings is 2. The first-order chi connectivity index (χ1) is 10.1. The SMILES string of the molecule is CCCOc1ccc(C(Br)Cc2cccc(Cl)c2)cc1Br. The topological polar surface area (TPSA) is 9.23 Å². The van der Waals surface area contributed by atoms with Gasteiger partial charge in [-0.15, -0.1) is 0 Å². The van der Waals surface area contributed by atoms with Gasteiger partial charge in [0.2, 0.25) is 0 Å². The highest BCUT2D eigenvalue weighted by atomic mass is 79.9. The molecule has 0 aliphatic carbocycles. The van der Waals surface area contributed by atoms with E-state index in [1.165, 1.54) is 11.1 Å². The van der Waals surface area contributed by atoms with E-state index in [0.717, 1.165) is 34.7 Å². The van der Waals surface area contributed by atoms with Crippen LogP contribution >= 0.6 is 43.5 Å². The van der Waals surface area contributed by atoms with Crippen molar-refractivity contribution >= 4 is 43.5 Å². The van der Waals surface area contributed by atoms with Gasteiger partial charge in [0.15, 0.2) is 0 Å². The first-order valence-electron chi connectivity index (χ1n) is 6.91. The monoisotopic (exact) mass is 430 g/mol. The summed E-state index contributed by atoms with van der Waals surface area (Å²) < 4.78 is 6.66. The van der Waals surface area contributed by atoms with Crippen molar-refractivity contribution in [1.29, 1.82) is 0 Å². The van der Waals surface area contributed by atoms with Gasteiger partial charge in [0.05, 0.1) is 11.1 Å². The van der Waals surface area contributed by atoms with Crippen molar-refractivity contribution in [3.63, 3.8) is 0 Å². The summed E-state index contributed by atoms with van der Waals surface area (Å²) >= 11 is 13.4. The molecule has 0 bridgehead atoms. The molecule has 0 radical (unpaired) electrons. The Kier molecular flexibility index (Phi) is 6.59. The van der Waals surface area contributed by atoms with Crippen molar-refractivity contribution in [3.05, 3.63) is 63.1 Å². The van der Waals surface area contributed by atoms with Crippen LogP contribution in [0.25, 0.3) is 0 Å². The lowest BCUT2D eigenvalue weighted by Gasteiger charge is -2.13. The van der Waals surface area contributed by atoms with Crippen LogP contribution in [0.2, 0.25) is 5.02 Å². The predicted octanol–water partition coefficient (Wildman–Crippen LogP) is 6.57. The molecule has 21 heavy (non-hydrogen) atoms. The van der Waals surface area contributed by atoms with Gasteiger partial charge in [-0.1, -0.05) is 52.7 Å². The molecular formula is C17H17Br2ClO. The second-order valence-corrected chi connectivity index (χ2v) is 7.24. The van der Waals surface area contributed by atoms with Gasteiger partial charge in [0.1, 0.15) is 5.75 Å². The minimum absolute atomic E-state index is 0.243. The van der Waals surface area contributed by atoms with E-state index in [1.54, 1.807) is 0 Å². The Morgan fingerprint density at radius 3 is 2.67 bits per heavy atom. The second kappa shape index (κ2) is 8.21. The first-order valence-corrected chi connectivity index (χ1v) is 8.99. The van der Waals surface area contributed by atoms with E-state index in [4.69, 9.17) is 16.3 Å². The molecule has 4 heteroatoms. The van der Waals surface area contributed by atoms with E-state index in [1.807, 2.05) is 24.3 Å². The molecule has 0 saturated heterocycles. The first kappa shape index (κ1) is 16.9. The fraction of sp³-hybridized carbons (Fsp3) is 0.294. The number of halogens is 3. The van der Waals surface area contributed by atoms with Crippen molar-refractivity contribution in [1.82, 2.24) is 0 Å². The lowest BCUT2D eigenvalue weighted by atomic mass is 10.0. The average molecular weight is 433 g/mol. The maximum atomic E-state index is 6.03. The van der Waals surface area contributed by atoms with Gasteiger partial charge in [0.25, 0.3) is 0 Å². The zero-order valence-electron chi connectivity index (χ0n) is 11.8. The van der Waals surface area contributed by atoms with Crippen molar-refractivity contribution in [3.8, 4) is 5.75 Å². The molecule has 0 saturated carbocycles. The molecule has 0 aliphatic heterocycles. The normalized spacial score (nSPS) is 12.2. The molecule has 112 valence electrons. The van der Waals surface area contributed by atoms with E-state index in [9.17, 15) is 0 Å². The van der Waals surface area contributed by atoms with Gasteiger partial charge in [0, 0.05) is 9.85 Å². The van der Waals surface area contributed by atoms with Gasteiger partial charge >= 0.3 is 0 Å². The van der Waals surface area contributed by atoms with Crippen LogP contribution in [0.4, 0.5) is 0 Å². The third kappa shape index (κ3) is 5.01. The average Bonchev–Trinajstić information content (AvgIpc) is 2.46. The smallest absolute Gasteiger partial charge is 0.133 e. The molecule has 1 atom stereocenters. The summed E-state index contributed by atoms with van der Waals surface area (Å²) in [5, 5.41) is 0.775. The van der Waals surface area contributed by atoms with Gasteiger partial charge in [-0.3, -0.25) is 0 Å². The maximum Gasteiger partial charge on any atom is 0.133 e. The quantitative estimate of drug-likeness (QED) is 0.469. The number of rotatable bonds is 6. The lowest BCUT2D eigenvalue weighted by Crippen LogP contribution is -1.99. The third-order valence-electron chi connectivity index (χ3n) is 3.08. The van der Waals surface area contributed by atoms with Crippen LogP contribution in [0.3, 0.4) is 0 Å². The minimum Gasteiger partial charge on any atom is -0.492 e. The van der Waals surface area contributed by atoms with E-state index in [-0.39, 0.29) is 4.83 Å². The highest BCUT2D eigenvalue weighted by Gasteiger charge is 2.11. The largest absolute Gasteiger partial charge is 0.492 e. The Hall–Kier alpha value is -0.510. The molecule has 0 heterocycles. The van der Waals surface area contributed by atoms with Crippen LogP contribution in [-0.4, -0.2) is 6.61 Å². The van der Waals surface area contributed by atoms with Crippen LogP contribution in [0.5, 0.6) is 5.75 Å². The summed E-state index contributed by atoms with van der Waals surface area (Å²) in [5.74, 6) is 0.892. The van der Waals surface area contributed by atoms with Crippen molar-refractivity contribution in [2.45, 2.75) is 24.6 Å². The van der Waals surface area contributed by atoms with Gasteiger partial charge in [-0.25, -0.2) is 0 Å². The van der Waals surface area contributed by atoms with E-state index >= 15 is 0 Å². The van der Waals surface area contributed by atoms with E-state index in [2.05, 4.69) is 57.0 Å². The molecule has 0 aliphatic rings. The van der Waals surface area contributed by atoms with Crippen LogP contribution in [0, 0.1) is 0 Å². The summed E-state index contributed by atoms with van der Waals surface area (Å²) in [5.41, 5.74) is 2.43. The zero-order chi connectivity index (χ0) is 15.2. The maximum absolute atomic E-state index is 6.03. The Balaban J connectivity index is 2.08. The number of ether oxygens (including phenoxy) is 1. The fourth-order valence-corrected chi connectivity index (χ4v) is 3.41. The summed E-state index contributed by atoms with van der Waals surface area (Å²) in [7, 11) is 0. The molecule has 0 amide bonds. The summed E-state index contributed by atoms with van der Waals surface area (Å²) in [4.78, 5) is 0.243. The van der Waals surface area contributed by atoms with Gasteiger partial charge in [-0.2, -0.15) is 0 Å². The number of alkyl halides is 1. The van der Waals surface area contributed by atoms with Crippen molar-refractivity contribution in [2.24, 2.45) is 0 Å². The van der Waals surface area contributed by atoms with Crippen LogP contribution < -0.4 is 4.74 Å². The van der Waals surface area contributed by atoms with Gasteiger partial charge < -0.3 is 4.74 Å². The molecule has 2 rings (SSSR count). The van der Waals surface area contributed by atoms with Crippen molar-refractivity contribution in [2.75, 3.05) is 6.61 Å². The fourth-order valence-electron chi connectivity index (χ4n) is 2.03. The molecule has 1 nitrogen and oxygen atoms in total. The zero-order valence-corrected chi connectivity index (χ0v) is 15.7. The summed E-state index contributed by atoms with van der Waals surface area (Å²) in [6.07, 6.45) is 1.90. The molecule has 2 aromatic carbocycles. The lowest BCUT2D eigenvalue weighted by molar-refractivity contribution is 0.315. The summed E-state index contributed by atoms with van der Waals surface area (Å²) in [6, 6.07) is 14.2. The Labute approximate surface area is 147 Å². The molecule has 0 N–H and O–H groups in total. The predicted molar refractivity (Wildman–Crippen MR) is 96.8 cm³/mol. The Bertz CT molecular complexity index is 601. The molecular weight excluding hydrogens is 415 g/mol. The molecule has 0 spiro atoms. The van der Waals surface area contributed by atoms with Crippen LogP contribution in [-0.2, 0) is 6.42 Å². The number of hydrogen-bond donors (Lipinski definition) is 0. The summed E-state index contributed by atoms with van der Waals surface area (Å²) in [6.45, 7) is 2.83.